The van der Waals surface area contributed by atoms with Crippen LogP contribution in [0.15, 0.2) is 53.4 Å². The molecule has 0 saturated heterocycles. The Hall–Kier alpha value is -2.25. The third kappa shape index (κ3) is 3.29. The molecule has 0 bridgehead atoms. The second kappa shape index (κ2) is 6.57. The van der Waals surface area contributed by atoms with Crippen LogP contribution in [-0.4, -0.2) is 38.3 Å². The first kappa shape index (κ1) is 17.6. The van der Waals surface area contributed by atoms with E-state index in [4.69, 9.17) is 0 Å². The van der Waals surface area contributed by atoms with Crippen LogP contribution >= 0.6 is 0 Å². The third-order valence-electron chi connectivity index (χ3n) is 4.36. The first-order valence-corrected chi connectivity index (χ1v) is 9.36. The van der Waals surface area contributed by atoms with Gasteiger partial charge in [0, 0.05) is 18.8 Å². The van der Waals surface area contributed by atoms with Gasteiger partial charge in [-0.1, -0.05) is 18.2 Å². The lowest BCUT2D eigenvalue weighted by molar-refractivity contribution is -0.118. The van der Waals surface area contributed by atoms with Gasteiger partial charge in [0.25, 0.3) is 0 Å². The average molecular weight is 362 g/mol. The average Bonchev–Trinajstić information content (AvgIpc) is 2.90. The number of likely N-dealkylation sites (N-methyl/N-ethyl adjacent to an activating group) is 1. The van der Waals surface area contributed by atoms with Crippen LogP contribution in [0.3, 0.4) is 0 Å². The summed E-state index contributed by atoms with van der Waals surface area (Å²) in [7, 11) is -2.51. The Kier molecular flexibility index (Phi) is 4.62. The highest BCUT2D eigenvalue weighted by Gasteiger charge is 2.33. The van der Waals surface area contributed by atoms with Crippen molar-refractivity contribution in [2.24, 2.45) is 0 Å². The molecular formula is C18H19FN2O3S. The molecule has 3 rings (SSSR count). The lowest BCUT2D eigenvalue weighted by Crippen LogP contribution is -2.43. The molecule has 1 atom stereocenters. The van der Waals surface area contributed by atoms with Crippen molar-refractivity contribution in [1.82, 2.24) is 4.31 Å². The molecule has 1 aliphatic rings. The van der Waals surface area contributed by atoms with Gasteiger partial charge in [0.1, 0.15) is 5.82 Å². The quantitative estimate of drug-likeness (QED) is 0.839. The summed E-state index contributed by atoms with van der Waals surface area (Å²) in [5.74, 6) is -0.800. The van der Waals surface area contributed by atoms with Gasteiger partial charge in [-0.3, -0.25) is 4.79 Å². The van der Waals surface area contributed by atoms with Crippen LogP contribution in [0.1, 0.15) is 12.5 Å². The Morgan fingerprint density at radius 2 is 1.84 bits per heavy atom. The molecule has 132 valence electrons. The van der Waals surface area contributed by atoms with Gasteiger partial charge in [-0.25, -0.2) is 12.8 Å². The van der Waals surface area contributed by atoms with Gasteiger partial charge in [0.2, 0.25) is 15.9 Å². The standard InChI is InChI=1S/C18H19FN2O3S/c1-13-11-14-5-3-4-6-17(14)21(13)18(22)12-20(2)25(23,24)16-9-7-15(19)8-10-16/h3-10,13H,11-12H2,1-2H3/t13-/m0/s1. The van der Waals surface area contributed by atoms with Gasteiger partial charge >= 0.3 is 0 Å². The van der Waals surface area contributed by atoms with Crippen molar-refractivity contribution in [1.29, 1.82) is 0 Å². The van der Waals surface area contributed by atoms with Gasteiger partial charge in [0.15, 0.2) is 0 Å². The zero-order valence-corrected chi connectivity index (χ0v) is 14.8. The summed E-state index contributed by atoms with van der Waals surface area (Å²) in [5.41, 5.74) is 1.90. The number of amides is 1. The zero-order chi connectivity index (χ0) is 18.2. The van der Waals surface area contributed by atoms with Crippen molar-refractivity contribution >= 4 is 21.6 Å². The molecule has 2 aromatic rings. The second-order valence-electron chi connectivity index (χ2n) is 6.16. The molecule has 0 saturated carbocycles. The van der Waals surface area contributed by atoms with E-state index in [2.05, 4.69) is 0 Å². The highest BCUT2D eigenvalue weighted by molar-refractivity contribution is 7.89. The van der Waals surface area contributed by atoms with Crippen molar-refractivity contribution < 1.29 is 17.6 Å². The minimum atomic E-state index is -3.86. The van der Waals surface area contributed by atoms with Gasteiger partial charge in [-0.05, 0) is 49.2 Å². The fourth-order valence-electron chi connectivity index (χ4n) is 3.08. The Morgan fingerprint density at radius 3 is 2.52 bits per heavy atom. The summed E-state index contributed by atoms with van der Waals surface area (Å²) in [5, 5.41) is 0. The van der Waals surface area contributed by atoms with Gasteiger partial charge in [-0.2, -0.15) is 4.31 Å². The number of halogens is 1. The van der Waals surface area contributed by atoms with E-state index >= 15 is 0 Å². The van der Waals surface area contributed by atoms with Crippen LogP contribution in [0.4, 0.5) is 10.1 Å². The van der Waals surface area contributed by atoms with Crippen molar-refractivity contribution in [3.63, 3.8) is 0 Å². The summed E-state index contributed by atoms with van der Waals surface area (Å²) in [4.78, 5) is 14.3. The number of fused-ring (bicyclic) bond motifs is 1. The second-order valence-corrected chi connectivity index (χ2v) is 8.21. The Bertz CT molecular complexity index is 897. The smallest absolute Gasteiger partial charge is 0.243 e. The first-order chi connectivity index (χ1) is 11.8. The summed E-state index contributed by atoms with van der Waals surface area (Å²) in [6.07, 6.45) is 0.746. The number of hydrogen-bond acceptors (Lipinski definition) is 3. The maximum Gasteiger partial charge on any atom is 0.243 e. The number of nitrogens with zero attached hydrogens (tertiary/aromatic N) is 2. The predicted octanol–water partition coefficient (Wildman–Crippen LogP) is 2.42. The molecule has 0 fully saturated rings. The molecule has 25 heavy (non-hydrogen) atoms. The van der Waals surface area contributed by atoms with E-state index in [1.807, 2.05) is 31.2 Å². The first-order valence-electron chi connectivity index (χ1n) is 7.92. The molecular weight excluding hydrogens is 343 g/mol. The number of sulfonamides is 1. The van der Waals surface area contributed by atoms with E-state index in [-0.39, 0.29) is 23.4 Å². The Labute approximate surface area is 146 Å². The molecule has 1 aliphatic heterocycles. The van der Waals surface area contributed by atoms with Crippen LogP contribution in [0, 0.1) is 5.82 Å². The van der Waals surface area contributed by atoms with Crippen LogP contribution in [0.2, 0.25) is 0 Å². The number of carbonyl (C=O) groups is 1. The van der Waals surface area contributed by atoms with E-state index < -0.39 is 15.8 Å². The summed E-state index contributed by atoms with van der Waals surface area (Å²) in [6.45, 7) is 1.66. The lowest BCUT2D eigenvalue weighted by Gasteiger charge is -2.25. The van der Waals surface area contributed by atoms with Gasteiger partial charge in [0.05, 0.1) is 11.4 Å². The molecule has 5 nitrogen and oxygen atoms in total. The number of anilines is 1. The van der Waals surface area contributed by atoms with Crippen LogP contribution < -0.4 is 4.90 Å². The van der Waals surface area contributed by atoms with E-state index in [0.717, 1.165) is 34.1 Å². The lowest BCUT2D eigenvalue weighted by atomic mass is 10.1. The van der Waals surface area contributed by atoms with Gasteiger partial charge in [-0.15, -0.1) is 0 Å². The molecule has 7 heteroatoms. The summed E-state index contributed by atoms with van der Waals surface area (Å²) in [6, 6.07) is 12.2. The van der Waals surface area contributed by atoms with E-state index in [9.17, 15) is 17.6 Å². The van der Waals surface area contributed by atoms with Crippen molar-refractivity contribution in [2.45, 2.75) is 24.3 Å². The maximum absolute atomic E-state index is 13.0. The maximum atomic E-state index is 13.0. The normalized spacial score (nSPS) is 17.0. The van der Waals surface area contributed by atoms with Gasteiger partial charge < -0.3 is 4.90 Å². The third-order valence-corrected chi connectivity index (χ3v) is 6.17. The minimum absolute atomic E-state index is 0.0215. The monoisotopic (exact) mass is 362 g/mol. The van der Waals surface area contributed by atoms with Crippen molar-refractivity contribution in [3.8, 4) is 0 Å². The van der Waals surface area contributed by atoms with Crippen LogP contribution in [-0.2, 0) is 21.2 Å². The number of carbonyl (C=O) groups excluding carboxylic acids is 1. The fraction of sp³-hybridized carbons (Fsp3) is 0.278. The number of hydrogen-bond donors (Lipinski definition) is 0. The van der Waals surface area contributed by atoms with E-state index in [1.165, 1.54) is 19.2 Å². The molecule has 0 unspecified atom stereocenters. The zero-order valence-electron chi connectivity index (χ0n) is 14.0. The molecule has 0 aliphatic carbocycles. The predicted molar refractivity (Wildman–Crippen MR) is 93.3 cm³/mol. The number of benzene rings is 2. The molecule has 0 N–H and O–H groups in total. The van der Waals surface area contributed by atoms with Crippen molar-refractivity contribution in [3.05, 3.63) is 59.9 Å². The number of rotatable bonds is 4. The van der Waals surface area contributed by atoms with E-state index in [0.29, 0.717) is 0 Å². The molecule has 0 radical (unpaired) electrons. The molecule has 2 aromatic carbocycles. The molecule has 1 amide bonds. The van der Waals surface area contributed by atoms with Crippen LogP contribution in [0.25, 0.3) is 0 Å². The summed E-state index contributed by atoms with van der Waals surface area (Å²) < 4.78 is 39.1. The molecule has 1 heterocycles. The van der Waals surface area contributed by atoms with Crippen LogP contribution in [0.5, 0.6) is 0 Å². The summed E-state index contributed by atoms with van der Waals surface area (Å²) >= 11 is 0. The highest BCUT2D eigenvalue weighted by Crippen LogP contribution is 2.32. The Balaban J connectivity index is 1.80. The van der Waals surface area contributed by atoms with Crippen molar-refractivity contribution in [2.75, 3.05) is 18.5 Å². The highest BCUT2D eigenvalue weighted by atomic mass is 32.2. The molecule has 0 spiro atoms. The minimum Gasteiger partial charge on any atom is -0.308 e. The Morgan fingerprint density at radius 1 is 1.20 bits per heavy atom. The topological polar surface area (TPSA) is 57.7 Å². The fourth-order valence-corrected chi connectivity index (χ4v) is 4.20. The molecule has 0 aromatic heterocycles. The van der Waals surface area contributed by atoms with E-state index in [1.54, 1.807) is 4.90 Å². The SMILES string of the molecule is C[C@H]1Cc2ccccc2N1C(=O)CN(C)S(=O)(=O)c1ccc(F)cc1. The number of para-hydroxylation sites is 1. The largest absolute Gasteiger partial charge is 0.308 e.